The highest BCUT2D eigenvalue weighted by molar-refractivity contribution is 5.92. The van der Waals surface area contributed by atoms with Crippen LogP contribution in [0, 0.1) is 5.92 Å². The monoisotopic (exact) mass is 256 g/mol. The zero-order valence-electron chi connectivity index (χ0n) is 11.0. The van der Waals surface area contributed by atoms with Crippen molar-refractivity contribution in [2.45, 2.75) is 39.2 Å². The molecule has 6 nitrogen and oxygen atoms in total. The van der Waals surface area contributed by atoms with Gasteiger partial charge < -0.3 is 15.3 Å². The van der Waals surface area contributed by atoms with Crippen molar-refractivity contribution in [1.29, 1.82) is 0 Å². The van der Waals surface area contributed by atoms with E-state index in [4.69, 9.17) is 5.11 Å². The third kappa shape index (κ3) is 3.21. The summed E-state index contributed by atoms with van der Waals surface area (Å²) in [4.78, 5) is 35.9. The van der Waals surface area contributed by atoms with E-state index in [2.05, 4.69) is 5.32 Å². The van der Waals surface area contributed by atoms with Crippen molar-refractivity contribution in [3.05, 3.63) is 0 Å². The van der Waals surface area contributed by atoms with Crippen molar-refractivity contribution < 1.29 is 19.5 Å². The van der Waals surface area contributed by atoms with Crippen LogP contribution < -0.4 is 5.32 Å². The third-order valence-electron chi connectivity index (χ3n) is 3.20. The maximum Gasteiger partial charge on any atom is 0.303 e. The normalized spacial score (nSPS) is 20.2. The zero-order chi connectivity index (χ0) is 13.9. The fraction of sp³-hybridized carbons (Fsp3) is 0.750. The fourth-order valence-electron chi connectivity index (χ4n) is 2.11. The molecule has 2 N–H and O–H groups in total. The number of nitrogens with one attached hydrogen (secondary N) is 1. The van der Waals surface area contributed by atoms with Crippen LogP contribution in [0.4, 0.5) is 0 Å². The van der Waals surface area contributed by atoms with E-state index in [-0.39, 0.29) is 30.6 Å². The number of nitrogens with zero attached hydrogens (tertiary/aromatic N) is 1. The van der Waals surface area contributed by atoms with Gasteiger partial charge in [0.05, 0.1) is 0 Å². The number of carboxylic acid groups (broad SMARTS) is 1. The van der Waals surface area contributed by atoms with Crippen molar-refractivity contribution in [3.8, 4) is 0 Å². The molecule has 0 radical (unpaired) electrons. The van der Waals surface area contributed by atoms with Gasteiger partial charge in [-0.3, -0.25) is 14.4 Å². The highest BCUT2D eigenvalue weighted by atomic mass is 16.4. The van der Waals surface area contributed by atoms with Gasteiger partial charge in [0, 0.05) is 25.9 Å². The predicted octanol–water partition coefficient (Wildman–Crippen LogP) is 0.224. The molecule has 6 heteroatoms. The molecular weight excluding hydrogens is 236 g/mol. The molecule has 0 aromatic heterocycles. The number of carbonyl (C=O) groups is 3. The molecule has 0 aromatic carbocycles. The van der Waals surface area contributed by atoms with E-state index in [0.717, 1.165) is 0 Å². The van der Waals surface area contributed by atoms with Crippen LogP contribution in [0.3, 0.4) is 0 Å². The highest BCUT2D eigenvalue weighted by Gasteiger charge is 2.40. The van der Waals surface area contributed by atoms with Crippen LogP contribution >= 0.6 is 0 Å². The smallest absolute Gasteiger partial charge is 0.303 e. The lowest BCUT2D eigenvalue weighted by molar-refractivity contribution is -0.150. The fourth-order valence-corrected chi connectivity index (χ4v) is 2.11. The number of rotatable bonds is 4. The average Bonchev–Trinajstić information content (AvgIpc) is 2.20. The minimum absolute atomic E-state index is 0.0355. The first kappa shape index (κ1) is 14.5. The van der Waals surface area contributed by atoms with Gasteiger partial charge in [-0.2, -0.15) is 0 Å². The Bertz CT molecular complexity index is 365. The number of aliphatic carboxylic acids is 1. The number of hydrogen-bond donors (Lipinski definition) is 2. The summed E-state index contributed by atoms with van der Waals surface area (Å²) in [6.07, 6.45) is 0.120. The molecule has 1 unspecified atom stereocenters. The molecule has 1 saturated heterocycles. The van der Waals surface area contributed by atoms with E-state index in [0.29, 0.717) is 13.1 Å². The summed E-state index contributed by atoms with van der Waals surface area (Å²) >= 11 is 0. The molecule has 0 bridgehead atoms. The largest absolute Gasteiger partial charge is 0.481 e. The Balaban J connectivity index is 2.65. The lowest BCUT2D eigenvalue weighted by Gasteiger charge is -2.41. The van der Waals surface area contributed by atoms with Crippen molar-refractivity contribution in [2.24, 2.45) is 5.92 Å². The summed E-state index contributed by atoms with van der Waals surface area (Å²) in [6, 6.07) is 0. The Kier molecular flexibility index (Phi) is 4.32. The molecule has 1 rings (SSSR count). The van der Waals surface area contributed by atoms with Gasteiger partial charge in [-0.1, -0.05) is 6.92 Å². The topological polar surface area (TPSA) is 86.7 Å². The van der Waals surface area contributed by atoms with Crippen molar-refractivity contribution in [3.63, 3.8) is 0 Å². The van der Waals surface area contributed by atoms with Gasteiger partial charge >= 0.3 is 5.97 Å². The van der Waals surface area contributed by atoms with Crippen LogP contribution in [0.2, 0.25) is 0 Å². The molecule has 0 spiro atoms. The maximum atomic E-state index is 12.1. The van der Waals surface area contributed by atoms with Gasteiger partial charge in [-0.15, -0.1) is 0 Å². The van der Waals surface area contributed by atoms with Crippen molar-refractivity contribution in [2.75, 3.05) is 13.1 Å². The van der Waals surface area contributed by atoms with E-state index < -0.39 is 11.5 Å². The molecule has 1 aliphatic rings. The summed E-state index contributed by atoms with van der Waals surface area (Å²) in [5.74, 6) is -1.47. The first-order chi connectivity index (χ1) is 8.25. The summed E-state index contributed by atoms with van der Waals surface area (Å²) in [5.41, 5.74) is -0.863. The van der Waals surface area contributed by atoms with Gasteiger partial charge in [-0.05, 0) is 19.8 Å². The molecule has 1 fully saturated rings. The lowest BCUT2D eigenvalue weighted by Crippen LogP contribution is -2.63. The summed E-state index contributed by atoms with van der Waals surface area (Å²) < 4.78 is 0. The van der Waals surface area contributed by atoms with Crippen molar-refractivity contribution >= 4 is 17.8 Å². The SMILES string of the molecule is CC(CC(=O)O)CC(=O)N1CCNC(=O)C1(C)C. The second-order valence-electron chi connectivity index (χ2n) is 5.27. The molecule has 0 saturated carbocycles. The van der Waals surface area contributed by atoms with Gasteiger partial charge in [0.25, 0.3) is 0 Å². The molecule has 18 heavy (non-hydrogen) atoms. The van der Waals surface area contributed by atoms with E-state index >= 15 is 0 Å². The summed E-state index contributed by atoms with van der Waals surface area (Å²) in [6.45, 7) is 6.03. The Morgan fingerprint density at radius 2 is 2.06 bits per heavy atom. The number of piperazine rings is 1. The Labute approximate surface area is 106 Å². The van der Waals surface area contributed by atoms with Gasteiger partial charge in [-0.25, -0.2) is 0 Å². The van der Waals surface area contributed by atoms with E-state index in [1.165, 1.54) is 4.90 Å². The molecule has 0 aliphatic carbocycles. The number of hydrogen-bond acceptors (Lipinski definition) is 3. The summed E-state index contributed by atoms with van der Waals surface area (Å²) in [7, 11) is 0. The minimum atomic E-state index is -0.911. The molecule has 1 atom stereocenters. The van der Waals surface area contributed by atoms with Crippen LogP contribution in [0.25, 0.3) is 0 Å². The molecule has 2 amide bonds. The third-order valence-corrected chi connectivity index (χ3v) is 3.20. The average molecular weight is 256 g/mol. The highest BCUT2D eigenvalue weighted by Crippen LogP contribution is 2.21. The number of carboxylic acids is 1. The predicted molar refractivity (Wildman–Crippen MR) is 64.8 cm³/mol. The minimum Gasteiger partial charge on any atom is -0.481 e. The molecular formula is C12H20N2O4. The first-order valence-electron chi connectivity index (χ1n) is 6.05. The molecule has 1 heterocycles. The number of carbonyl (C=O) groups excluding carboxylic acids is 2. The zero-order valence-corrected chi connectivity index (χ0v) is 11.0. The van der Waals surface area contributed by atoms with Crippen LogP contribution in [0.15, 0.2) is 0 Å². The molecule has 0 aromatic rings. The quantitative estimate of drug-likeness (QED) is 0.753. The first-order valence-corrected chi connectivity index (χ1v) is 6.05. The van der Waals surface area contributed by atoms with Gasteiger partial charge in [0.2, 0.25) is 11.8 Å². The van der Waals surface area contributed by atoms with Crippen molar-refractivity contribution in [1.82, 2.24) is 10.2 Å². The molecule has 102 valence electrons. The van der Waals surface area contributed by atoms with E-state index in [1.54, 1.807) is 20.8 Å². The van der Waals surface area contributed by atoms with E-state index in [9.17, 15) is 14.4 Å². The molecule has 1 aliphatic heterocycles. The Morgan fingerprint density at radius 1 is 1.44 bits per heavy atom. The Hall–Kier alpha value is -1.59. The number of amides is 2. The van der Waals surface area contributed by atoms with Crippen LogP contribution in [-0.2, 0) is 14.4 Å². The van der Waals surface area contributed by atoms with Gasteiger partial charge in [0.15, 0.2) is 0 Å². The van der Waals surface area contributed by atoms with Crippen LogP contribution in [0.1, 0.15) is 33.6 Å². The van der Waals surface area contributed by atoms with Crippen LogP contribution in [0.5, 0.6) is 0 Å². The maximum absolute atomic E-state index is 12.1. The van der Waals surface area contributed by atoms with Gasteiger partial charge in [0.1, 0.15) is 5.54 Å². The lowest BCUT2D eigenvalue weighted by atomic mass is 9.96. The summed E-state index contributed by atoms with van der Waals surface area (Å²) in [5, 5.41) is 11.4. The Morgan fingerprint density at radius 3 is 2.61 bits per heavy atom. The second kappa shape index (κ2) is 5.37. The standard InChI is InChI=1S/C12H20N2O4/c1-8(7-10(16)17)6-9(15)14-5-4-13-11(18)12(14,2)3/h8H,4-7H2,1-3H3,(H,13,18)(H,16,17). The van der Waals surface area contributed by atoms with E-state index in [1.807, 2.05) is 0 Å². The second-order valence-corrected chi connectivity index (χ2v) is 5.27. The van der Waals surface area contributed by atoms with Crippen LogP contribution in [-0.4, -0.2) is 46.4 Å².